The highest BCUT2D eigenvalue weighted by atomic mass is 35.5. The molecule has 1 aliphatic carbocycles. The highest BCUT2D eigenvalue weighted by molar-refractivity contribution is 6.66. The molecule has 0 saturated heterocycles. The van der Waals surface area contributed by atoms with E-state index in [9.17, 15) is 5.11 Å². The van der Waals surface area contributed by atoms with Crippen LogP contribution < -0.4 is 5.32 Å². The Hall–Kier alpha value is -1.19. The summed E-state index contributed by atoms with van der Waals surface area (Å²) in [5.41, 5.74) is 4.29. The van der Waals surface area contributed by atoms with Crippen LogP contribution in [0.1, 0.15) is 28.7 Å². The molecule has 0 bridgehead atoms. The van der Waals surface area contributed by atoms with Crippen molar-refractivity contribution in [2.75, 3.05) is 0 Å². The van der Waals surface area contributed by atoms with Crippen molar-refractivity contribution in [2.24, 2.45) is 0 Å². The maximum atomic E-state index is 10.2. The van der Waals surface area contributed by atoms with Gasteiger partial charge in [0.1, 0.15) is 10.2 Å². The average molecular weight is 383 g/mol. The molecule has 0 heterocycles. The molecule has 0 aliphatic heterocycles. The molecule has 0 spiro atoms. The second-order valence-corrected chi connectivity index (χ2v) is 7.33. The number of halogens is 3. The van der Waals surface area contributed by atoms with Crippen LogP contribution in [0.15, 0.2) is 47.0 Å². The van der Waals surface area contributed by atoms with E-state index in [2.05, 4.69) is 29.6 Å². The minimum Gasteiger partial charge on any atom is -0.508 e. The lowest BCUT2D eigenvalue weighted by Crippen LogP contribution is -2.34. The monoisotopic (exact) mass is 381 g/mol. The molecule has 2 N–H and O–H groups in total. The summed E-state index contributed by atoms with van der Waals surface area (Å²) in [7, 11) is 0. The molecule has 0 amide bonds. The summed E-state index contributed by atoms with van der Waals surface area (Å²) in [5, 5.41) is 14.0. The van der Waals surface area contributed by atoms with Crippen molar-refractivity contribution in [1.29, 1.82) is 0 Å². The van der Waals surface area contributed by atoms with Gasteiger partial charge in [-0.25, -0.2) is 0 Å². The molecule has 3 rings (SSSR count). The van der Waals surface area contributed by atoms with Gasteiger partial charge in [0, 0.05) is 18.2 Å². The van der Waals surface area contributed by atoms with Crippen LogP contribution in [0.2, 0.25) is 0 Å². The van der Waals surface area contributed by atoms with Gasteiger partial charge in [-0.1, -0.05) is 71.2 Å². The van der Waals surface area contributed by atoms with Crippen LogP contribution in [0, 0.1) is 0 Å². The summed E-state index contributed by atoms with van der Waals surface area (Å²) in [6.45, 7) is 0.606. The molecular weight excluding hydrogens is 365 g/mol. The summed E-state index contributed by atoms with van der Waals surface area (Å²) in [6, 6.07) is 14.2. The molecule has 2 nitrogen and oxygen atoms in total. The van der Waals surface area contributed by atoms with Gasteiger partial charge in [-0.15, -0.1) is 0 Å². The predicted octanol–water partition coefficient (Wildman–Crippen LogP) is 5.38. The SMILES string of the molecule is Oc1cc(C(Cl)=C(Cl)Cl)ccc1CNC1CCc2ccccc2C1. The Morgan fingerprint density at radius 1 is 1.08 bits per heavy atom. The van der Waals surface area contributed by atoms with E-state index in [1.165, 1.54) is 11.1 Å². The highest BCUT2D eigenvalue weighted by Crippen LogP contribution is 2.31. The third kappa shape index (κ3) is 4.07. The fourth-order valence-corrected chi connectivity index (χ4v) is 3.42. The van der Waals surface area contributed by atoms with Crippen molar-refractivity contribution >= 4 is 39.8 Å². The summed E-state index contributed by atoms with van der Waals surface area (Å²) in [6.07, 6.45) is 3.21. The van der Waals surface area contributed by atoms with Crippen molar-refractivity contribution in [1.82, 2.24) is 5.32 Å². The van der Waals surface area contributed by atoms with Crippen molar-refractivity contribution in [3.05, 3.63) is 69.2 Å². The number of rotatable bonds is 4. The van der Waals surface area contributed by atoms with Gasteiger partial charge in [0.05, 0.1) is 5.03 Å². The third-order valence-corrected chi connectivity index (χ3v) is 5.41. The maximum absolute atomic E-state index is 10.2. The van der Waals surface area contributed by atoms with Gasteiger partial charge in [0.2, 0.25) is 0 Å². The molecule has 5 heteroatoms. The molecule has 2 aromatic rings. The molecule has 0 saturated carbocycles. The number of phenolic OH excluding ortho intramolecular Hbond substituents is 1. The first-order valence-corrected chi connectivity index (χ1v) is 9.01. The number of aryl methyl sites for hydroxylation is 1. The van der Waals surface area contributed by atoms with Crippen LogP contribution >= 0.6 is 34.8 Å². The third-order valence-electron chi connectivity index (χ3n) is 4.43. The van der Waals surface area contributed by atoms with E-state index in [1.54, 1.807) is 12.1 Å². The minimum atomic E-state index is -0.0113. The number of fused-ring (bicyclic) bond motifs is 1. The van der Waals surface area contributed by atoms with Crippen molar-refractivity contribution < 1.29 is 5.11 Å². The van der Waals surface area contributed by atoms with Gasteiger partial charge in [0.25, 0.3) is 0 Å². The van der Waals surface area contributed by atoms with E-state index in [-0.39, 0.29) is 15.3 Å². The standard InChI is InChI=1S/C19H18Cl3NO/c20-18(19(21)22)14-5-6-15(17(24)10-14)11-23-16-8-7-12-3-1-2-4-13(12)9-16/h1-6,10,16,23-24H,7-9,11H2. The zero-order chi connectivity index (χ0) is 17.1. The lowest BCUT2D eigenvalue weighted by atomic mass is 9.88. The Balaban J connectivity index is 1.65. The predicted molar refractivity (Wildman–Crippen MR) is 102 cm³/mol. The number of aromatic hydroxyl groups is 1. The molecular formula is C19H18Cl3NO. The van der Waals surface area contributed by atoms with E-state index in [0.717, 1.165) is 24.8 Å². The summed E-state index contributed by atoms with van der Waals surface area (Å²) in [4.78, 5) is 0. The Morgan fingerprint density at radius 2 is 1.83 bits per heavy atom. The zero-order valence-electron chi connectivity index (χ0n) is 13.0. The Morgan fingerprint density at radius 3 is 2.54 bits per heavy atom. The van der Waals surface area contributed by atoms with Gasteiger partial charge in [-0.3, -0.25) is 0 Å². The van der Waals surface area contributed by atoms with E-state index in [4.69, 9.17) is 34.8 Å². The van der Waals surface area contributed by atoms with Crippen LogP contribution in [-0.4, -0.2) is 11.1 Å². The second kappa shape index (κ2) is 7.79. The summed E-state index contributed by atoms with van der Waals surface area (Å²) < 4.78 is -0.0113. The maximum Gasteiger partial charge on any atom is 0.126 e. The average Bonchev–Trinajstić information content (AvgIpc) is 2.59. The van der Waals surface area contributed by atoms with Gasteiger partial charge < -0.3 is 10.4 Å². The van der Waals surface area contributed by atoms with Gasteiger partial charge in [-0.2, -0.15) is 0 Å². The zero-order valence-corrected chi connectivity index (χ0v) is 15.3. The first kappa shape index (κ1) is 17.6. The quantitative estimate of drug-likeness (QED) is 0.744. The van der Waals surface area contributed by atoms with Gasteiger partial charge in [0.15, 0.2) is 0 Å². The number of hydrogen-bond donors (Lipinski definition) is 2. The normalized spacial score (nSPS) is 16.5. The smallest absolute Gasteiger partial charge is 0.126 e. The van der Waals surface area contributed by atoms with Crippen LogP contribution in [0.25, 0.3) is 5.03 Å². The van der Waals surface area contributed by atoms with Crippen LogP contribution in [-0.2, 0) is 19.4 Å². The topological polar surface area (TPSA) is 32.3 Å². The van der Waals surface area contributed by atoms with Crippen LogP contribution in [0.5, 0.6) is 5.75 Å². The lowest BCUT2D eigenvalue weighted by Gasteiger charge is -2.25. The highest BCUT2D eigenvalue weighted by Gasteiger charge is 2.18. The van der Waals surface area contributed by atoms with Crippen molar-refractivity contribution in [3.63, 3.8) is 0 Å². The Kier molecular flexibility index (Phi) is 5.72. The number of hydrogen-bond acceptors (Lipinski definition) is 2. The van der Waals surface area contributed by atoms with Crippen molar-refractivity contribution in [2.45, 2.75) is 31.8 Å². The molecule has 126 valence electrons. The first-order chi connectivity index (χ1) is 11.5. The first-order valence-electron chi connectivity index (χ1n) is 7.88. The fourth-order valence-electron chi connectivity index (χ4n) is 3.09. The molecule has 24 heavy (non-hydrogen) atoms. The summed E-state index contributed by atoms with van der Waals surface area (Å²) in [5.74, 6) is 0.184. The number of benzene rings is 2. The largest absolute Gasteiger partial charge is 0.508 e. The molecule has 0 fully saturated rings. The molecule has 1 unspecified atom stereocenters. The number of nitrogens with one attached hydrogen (secondary N) is 1. The van der Waals surface area contributed by atoms with E-state index < -0.39 is 0 Å². The molecule has 2 aromatic carbocycles. The Labute approximate surface area is 157 Å². The number of phenols is 1. The molecule has 1 atom stereocenters. The Bertz CT molecular complexity index is 769. The van der Waals surface area contributed by atoms with Crippen LogP contribution in [0.4, 0.5) is 0 Å². The van der Waals surface area contributed by atoms with Crippen LogP contribution in [0.3, 0.4) is 0 Å². The van der Waals surface area contributed by atoms with E-state index in [1.807, 2.05) is 6.07 Å². The van der Waals surface area contributed by atoms with E-state index >= 15 is 0 Å². The van der Waals surface area contributed by atoms with Gasteiger partial charge in [-0.05, 0) is 42.0 Å². The van der Waals surface area contributed by atoms with Gasteiger partial charge >= 0.3 is 0 Å². The molecule has 1 aliphatic rings. The lowest BCUT2D eigenvalue weighted by molar-refractivity contribution is 0.437. The summed E-state index contributed by atoms with van der Waals surface area (Å²) >= 11 is 17.4. The fraction of sp³-hybridized carbons (Fsp3) is 0.263. The van der Waals surface area contributed by atoms with Crippen molar-refractivity contribution in [3.8, 4) is 5.75 Å². The molecule has 0 aromatic heterocycles. The van der Waals surface area contributed by atoms with E-state index in [0.29, 0.717) is 18.2 Å². The second-order valence-electron chi connectivity index (χ2n) is 6.01. The molecule has 0 radical (unpaired) electrons. The minimum absolute atomic E-state index is 0.0113.